The lowest BCUT2D eigenvalue weighted by atomic mass is 9.96. The molecule has 3 rings (SSSR count). The molecule has 1 aliphatic heterocycles. The van der Waals surface area contributed by atoms with Crippen molar-refractivity contribution in [2.24, 2.45) is 0 Å². The molecule has 4 N–H and O–H groups in total. The van der Waals surface area contributed by atoms with Crippen molar-refractivity contribution in [3.63, 3.8) is 0 Å². The van der Waals surface area contributed by atoms with Crippen molar-refractivity contribution >= 4 is 11.3 Å². The standard InChI is InChI=1S/C15H19N5O4/c1-14(2,22)23-10-5-15(7-16,24-11(10)6-21)12-4-3-9-13(17)18-8-19-20(9)12/h3-4,8,10-11,21-22H,5-6H2,1-2H3,(H2,17,18,19)/t10-,11+,15-/m0/s1. The van der Waals surface area contributed by atoms with Gasteiger partial charge in [-0.1, -0.05) is 0 Å². The first-order chi connectivity index (χ1) is 11.3. The maximum atomic E-state index is 9.89. The van der Waals surface area contributed by atoms with E-state index < -0.39 is 23.6 Å². The van der Waals surface area contributed by atoms with E-state index in [-0.39, 0.29) is 18.8 Å². The van der Waals surface area contributed by atoms with Gasteiger partial charge in [-0.3, -0.25) is 0 Å². The quantitative estimate of drug-likeness (QED) is 0.661. The first-order valence-electron chi connectivity index (χ1n) is 7.48. The minimum atomic E-state index is -1.42. The van der Waals surface area contributed by atoms with Crippen LogP contribution in [-0.2, 0) is 15.1 Å². The summed E-state index contributed by atoms with van der Waals surface area (Å²) in [6.45, 7) is 2.62. The molecule has 2 aromatic rings. The second-order valence-electron chi connectivity index (χ2n) is 6.25. The molecule has 1 aliphatic rings. The van der Waals surface area contributed by atoms with Gasteiger partial charge in [0.15, 0.2) is 17.2 Å². The van der Waals surface area contributed by atoms with Crippen LogP contribution in [0.4, 0.5) is 5.82 Å². The maximum absolute atomic E-state index is 9.89. The van der Waals surface area contributed by atoms with Crippen LogP contribution in [0.1, 0.15) is 26.0 Å². The summed E-state index contributed by atoms with van der Waals surface area (Å²) in [6, 6.07) is 5.54. The van der Waals surface area contributed by atoms with Gasteiger partial charge in [-0.2, -0.15) is 10.4 Å². The molecule has 1 saturated heterocycles. The summed E-state index contributed by atoms with van der Waals surface area (Å²) in [5, 5.41) is 33.4. The first-order valence-corrected chi connectivity index (χ1v) is 7.48. The van der Waals surface area contributed by atoms with Gasteiger partial charge >= 0.3 is 0 Å². The minimum Gasteiger partial charge on any atom is -0.394 e. The fourth-order valence-corrected chi connectivity index (χ4v) is 2.99. The largest absolute Gasteiger partial charge is 0.394 e. The Morgan fingerprint density at radius 2 is 2.33 bits per heavy atom. The molecule has 0 unspecified atom stereocenters. The van der Waals surface area contributed by atoms with Crippen molar-refractivity contribution in [2.75, 3.05) is 12.3 Å². The lowest BCUT2D eigenvalue weighted by molar-refractivity contribution is -0.217. The smallest absolute Gasteiger partial charge is 0.199 e. The lowest BCUT2D eigenvalue weighted by Gasteiger charge is -2.25. The van der Waals surface area contributed by atoms with Gasteiger partial charge < -0.3 is 25.4 Å². The molecule has 24 heavy (non-hydrogen) atoms. The molecular weight excluding hydrogens is 314 g/mol. The number of nitrogens with zero attached hydrogens (tertiary/aromatic N) is 4. The van der Waals surface area contributed by atoms with Gasteiger partial charge in [0, 0.05) is 6.42 Å². The van der Waals surface area contributed by atoms with Crippen LogP contribution in [0.15, 0.2) is 18.5 Å². The summed E-state index contributed by atoms with van der Waals surface area (Å²) in [4.78, 5) is 3.91. The topological polar surface area (TPSA) is 139 Å². The van der Waals surface area contributed by atoms with E-state index in [9.17, 15) is 15.5 Å². The Morgan fingerprint density at radius 1 is 1.58 bits per heavy atom. The van der Waals surface area contributed by atoms with E-state index in [0.29, 0.717) is 11.2 Å². The van der Waals surface area contributed by atoms with Crippen LogP contribution < -0.4 is 5.73 Å². The second kappa shape index (κ2) is 5.68. The molecule has 0 aromatic carbocycles. The summed E-state index contributed by atoms with van der Waals surface area (Å²) in [5.74, 6) is -1.13. The average molecular weight is 333 g/mol. The van der Waals surface area contributed by atoms with Crippen LogP contribution in [0, 0.1) is 11.3 Å². The predicted molar refractivity (Wildman–Crippen MR) is 82.4 cm³/mol. The van der Waals surface area contributed by atoms with Gasteiger partial charge in [0.25, 0.3) is 0 Å². The molecular formula is C15H19N5O4. The molecule has 2 aromatic heterocycles. The maximum Gasteiger partial charge on any atom is 0.199 e. The molecule has 3 heterocycles. The van der Waals surface area contributed by atoms with Crippen LogP contribution in [0.5, 0.6) is 0 Å². The summed E-state index contributed by atoms with van der Waals surface area (Å²) in [5.41, 5.74) is 5.47. The third kappa shape index (κ3) is 2.70. The van der Waals surface area contributed by atoms with Gasteiger partial charge in [-0.25, -0.2) is 9.50 Å². The highest BCUT2D eigenvalue weighted by molar-refractivity contribution is 5.66. The number of hydrogen-bond acceptors (Lipinski definition) is 8. The number of nitrogens with two attached hydrogens (primary N) is 1. The number of ether oxygens (including phenoxy) is 2. The summed E-state index contributed by atoms with van der Waals surface area (Å²) in [6.07, 6.45) is 0.0229. The van der Waals surface area contributed by atoms with Gasteiger partial charge in [0.2, 0.25) is 0 Å². The molecule has 0 saturated carbocycles. The van der Waals surface area contributed by atoms with Crippen molar-refractivity contribution in [3.8, 4) is 6.07 Å². The molecule has 0 aliphatic carbocycles. The van der Waals surface area contributed by atoms with E-state index in [1.54, 1.807) is 12.1 Å². The van der Waals surface area contributed by atoms with Gasteiger partial charge in [-0.05, 0) is 26.0 Å². The van der Waals surface area contributed by atoms with Gasteiger partial charge in [0.05, 0.1) is 18.4 Å². The Bertz CT molecular complexity index is 793. The third-order valence-corrected chi connectivity index (χ3v) is 3.95. The number of aliphatic hydroxyl groups excluding tert-OH is 1. The highest BCUT2D eigenvalue weighted by Gasteiger charge is 2.51. The molecule has 1 fully saturated rings. The van der Waals surface area contributed by atoms with Crippen LogP contribution in [0.2, 0.25) is 0 Å². The number of aromatic nitrogens is 3. The normalized spacial score (nSPS) is 27.5. The van der Waals surface area contributed by atoms with Crippen LogP contribution in [0.25, 0.3) is 5.52 Å². The number of hydrogen-bond donors (Lipinski definition) is 3. The molecule has 0 amide bonds. The van der Waals surface area contributed by atoms with Crippen molar-refractivity contribution in [3.05, 3.63) is 24.2 Å². The van der Waals surface area contributed by atoms with Gasteiger partial charge in [-0.15, -0.1) is 0 Å². The zero-order valence-electron chi connectivity index (χ0n) is 13.4. The zero-order valence-corrected chi connectivity index (χ0v) is 13.4. The van der Waals surface area contributed by atoms with E-state index in [4.69, 9.17) is 15.2 Å². The third-order valence-electron chi connectivity index (χ3n) is 3.95. The fraction of sp³-hybridized carbons (Fsp3) is 0.533. The SMILES string of the molecule is CC(C)(O)O[C@H]1C[C@](C#N)(c2ccc3c(N)ncnn23)O[C@@H]1CO. The van der Waals surface area contributed by atoms with Crippen molar-refractivity contribution in [1.29, 1.82) is 5.26 Å². The van der Waals surface area contributed by atoms with Gasteiger partial charge in [0.1, 0.15) is 24.0 Å². The Kier molecular flexibility index (Phi) is 3.93. The number of fused-ring (bicyclic) bond motifs is 1. The number of nitriles is 1. The molecule has 9 heteroatoms. The fourth-order valence-electron chi connectivity index (χ4n) is 2.99. The van der Waals surface area contributed by atoms with Crippen LogP contribution >= 0.6 is 0 Å². The molecule has 0 radical (unpaired) electrons. The highest BCUT2D eigenvalue weighted by Crippen LogP contribution is 2.41. The first kappa shape index (κ1) is 16.6. The number of aliphatic hydroxyl groups is 2. The summed E-state index contributed by atoms with van der Waals surface area (Å²) in [7, 11) is 0. The Hall–Kier alpha value is -2.25. The molecule has 3 atom stereocenters. The lowest BCUT2D eigenvalue weighted by Crippen LogP contribution is -2.36. The van der Waals surface area contributed by atoms with E-state index >= 15 is 0 Å². The molecule has 9 nitrogen and oxygen atoms in total. The minimum absolute atomic E-state index is 0.134. The van der Waals surface area contributed by atoms with E-state index in [0.717, 1.165) is 0 Å². The molecule has 0 spiro atoms. The molecule has 0 bridgehead atoms. The van der Waals surface area contributed by atoms with Crippen molar-refractivity contribution < 1.29 is 19.7 Å². The van der Waals surface area contributed by atoms with Crippen LogP contribution in [0.3, 0.4) is 0 Å². The predicted octanol–water partition coefficient (Wildman–Crippen LogP) is -0.0748. The Morgan fingerprint density at radius 3 is 2.96 bits per heavy atom. The highest BCUT2D eigenvalue weighted by atomic mass is 16.7. The van der Waals surface area contributed by atoms with Crippen molar-refractivity contribution in [1.82, 2.24) is 14.6 Å². The van der Waals surface area contributed by atoms with E-state index in [2.05, 4.69) is 16.2 Å². The Labute approximate surface area is 138 Å². The van der Waals surface area contributed by atoms with E-state index in [1.165, 1.54) is 24.7 Å². The van der Waals surface area contributed by atoms with Crippen molar-refractivity contribution in [2.45, 2.75) is 43.9 Å². The monoisotopic (exact) mass is 333 g/mol. The average Bonchev–Trinajstić information content (AvgIpc) is 3.08. The summed E-state index contributed by atoms with van der Waals surface area (Å²) < 4.78 is 12.9. The molecule has 128 valence electrons. The number of nitrogen functional groups attached to an aromatic ring is 1. The second-order valence-corrected chi connectivity index (χ2v) is 6.25. The number of rotatable bonds is 4. The van der Waals surface area contributed by atoms with Crippen LogP contribution in [-0.4, -0.2) is 49.4 Å². The Balaban J connectivity index is 2.04. The van der Waals surface area contributed by atoms with E-state index in [1.807, 2.05) is 0 Å². The zero-order chi connectivity index (χ0) is 17.5. The summed E-state index contributed by atoms with van der Waals surface area (Å²) >= 11 is 0. The number of anilines is 1.